The predicted molar refractivity (Wildman–Crippen MR) is 73.9 cm³/mol. The highest BCUT2D eigenvalue weighted by Gasteiger charge is 2.19. The Hall–Kier alpha value is -1.82. The summed E-state index contributed by atoms with van der Waals surface area (Å²) in [6.07, 6.45) is 3.86. The molecule has 1 aromatic heterocycles. The predicted octanol–water partition coefficient (Wildman–Crippen LogP) is 1.34. The normalized spacial score (nSPS) is 19.6. The number of imide groups is 1. The maximum absolute atomic E-state index is 11.8. The second kappa shape index (κ2) is 7.09. The zero-order valence-corrected chi connectivity index (χ0v) is 11.7. The van der Waals surface area contributed by atoms with Gasteiger partial charge in [-0.05, 0) is 37.4 Å². The van der Waals surface area contributed by atoms with Crippen molar-refractivity contribution < 1.29 is 14.0 Å². The summed E-state index contributed by atoms with van der Waals surface area (Å²) in [5, 5.41) is 4.91. The Kier molecular flexibility index (Phi) is 5.17. The third-order valence-electron chi connectivity index (χ3n) is 3.36. The lowest BCUT2D eigenvalue weighted by Crippen LogP contribution is -2.46. The van der Waals surface area contributed by atoms with Crippen molar-refractivity contribution in [3.63, 3.8) is 0 Å². The number of urea groups is 1. The van der Waals surface area contributed by atoms with Gasteiger partial charge in [0.05, 0.1) is 19.4 Å². The van der Waals surface area contributed by atoms with E-state index in [0.29, 0.717) is 11.7 Å². The van der Waals surface area contributed by atoms with Gasteiger partial charge in [-0.3, -0.25) is 15.0 Å². The molecule has 20 heavy (non-hydrogen) atoms. The van der Waals surface area contributed by atoms with Crippen LogP contribution >= 0.6 is 0 Å². The lowest BCUT2D eigenvalue weighted by molar-refractivity contribution is -0.121. The van der Waals surface area contributed by atoms with Crippen molar-refractivity contribution >= 4 is 11.9 Å². The summed E-state index contributed by atoms with van der Waals surface area (Å²) in [6, 6.07) is 3.02. The Morgan fingerprint density at radius 3 is 3.05 bits per heavy atom. The molecule has 0 bridgehead atoms. The first-order chi connectivity index (χ1) is 9.63. The van der Waals surface area contributed by atoms with Crippen molar-refractivity contribution in [3.8, 4) is 0 Å². The Labute approximate surface area is 118 Å². The number of rotatable bonds is 4. The van der Waals surface area contributed by atoms with Crippen molar-refractivity contribution in [2.45, 2.75) is 26.3 Å². The molecule has 1 atom stereocenters. The number of carbonyl (C=O) groups is 2. The van der Waals surface area contributed by atoms with Gasteiger partial charge in [0.2, 0.25) is 5.91 Å². The van der Waals surface area contributed by atoms with E-state index in [1.807, 2.05) is 0 Å². The van der Waals surface area contributed by atoms with Gasteiger partial charge in [-0.2, -0.15) is 0 Å². The average molecular weight is 279 g/mol. The molecule has 3 amide bonds. The summed E-state index contributed by atoms with van der Waals surface area (Å²) in [5.74, 6) is 0.998. The fraction of sp³-hybridized carbons (Fsp3) is 0.571. The highest BCUT2D eigenvalue weighted by atomic mass is 16.3. The largest absolute Gasteiger partial charge is 0.467 e. The zero-order chi connectivity index (χ0) is 14.4. The van der Waals surface area contributed by atoms with Crippen molar-refractivity contribution in [1.82, 2.24) is 15.5 Å². The standard InChI is InChI=1S/C14H21N3O3/c1-11-4-2-6-17(9-11)10-13(18)16-14(19)15-8-12-5-3-7-20-12/h3,5,7,11H,2,4,6,8-10H2,1H3,(H2,15,16,18,19). The highest BCUT2D eigenvalue weighted by Crippen LogP contribution is 2.14. The summed E-state index contributed by atoms with van der Waals surface area (Å²) in [5.41, 5.74) is 0. The summed E-state index contributed by atoms with van der Waals surface area (Å²) in [6.45, 7) is 4.57. The molecule has 1 saturated heterocycles. The minimum absolute atomic E-state index is 0.268. The molecule has 0 aliphatic carbocycles. The molecule has 1 fully saturated rings. The van der Waals surface area contributed by atoms with Gasteiger partial charge < -0.3 is 9.73 Å². The number of carbonyl (C=O) groups excluding carboxylic acids is 2. The van der Waals surface area contributed by atoms with Gasteiger partial charge in [-0.15, -0.1) is 0 Å². The smallest absolute Gasteiger partial charge is 0.321 e. The third kappa shape index (κ3) is 4.70. The van der Waals surface area contributed by atoms with Gasteiger partial charge in [0.25, 0.3) is 0 Å². The van der Waals surface area contributed by atoms with E-state index in [0.717, 1.165) is 19.5 Å². The lowest BCUT2D eigenvalue weighted by atomic mass is 10.0. The molecule has 1 unspecified atom stereocenters. The molecule has 6 heteroatoms. The van der Waals surface area contributed by atoms with E-state index in [9.17, 15) is 9.59 Å². The minimum Gasteiger partial charge on any atom is -0.467 e. The molecule has 6 nitrogen and oxygen atoms in total. The highest BCUT2D eigenvalue weighted by molar-refractivity contribution is 5.95. The van der Waals surface area contributed by atoms with Crippen LogP contribution in [0.5, 0.6) is 0 Å². The van der Waals surface area contributed by atoms with E-state index in [1.54, 1.807) is 12.1 Å². The van der Waals surface area contributed by atoms with Gasteiger partial charge in [-0.25, -0.2) is 4.79 Å². The molecule has 0 radical (unpaired) electrons. The maximum atomic E-state index is 11.8. The van der Waals surface area contributed by atoms with Crippen LogP contribution in [0.15, 0.2) is 22.8 Å². The van der Waals surface area contributed by atoms with Crippen LogP contribution in [0.4, 0.5) is 4.79 Å². The molecule has 110 valence electrons. The molecular weight excluding hydrogens is 258 g/mol. The van der Waals surface area contributed by atoms with Gasteiger partial charge in [0.15, 0.2) is 0 Å². The van der Waals surface area contributed by atoms with E-state index < -0.39 is 6.03 Å². The molecular formula is C14H21N3O3. The van der Waals surface area contributed by atoms with Crippen molar-refractivity contribution in [3.05, 3.63) is 24.2 Å². The van der Waals surface area contributed by atoms with Gasteiger partial charge >= 0.3 is 6.03 Å². The number of nitrogens with one attached hydrogen (secondary N) is 2. The first-order valence-corrected chi connectivity index (χ1v) is 6.96. The second-order valence-electron chi connectivity index (χ2n) is 5.29. The lowest BCUT2D eigenvalue weighted by Gasteiger charge is -2.29. The molecule has 1 aliphatic heterocycles. The summed E-state index contributed by atoms with van der Waals surface area (Å²) in [7, 11) is 0. The number of hydrogen-bond donors (Lipinski definition) is 2. The summed E-state index contributed by atoms with van der Waals surface area (Å²) in [4.78, 5) is 25.4. The minimum atomic E-state index is -0.489. The SMILES string of the molecule is CC1CCCN(CC(=O)NC(=O)NCc2ccco2)C1. The molecule has 2 rings (SSSR count). The van der Waals surface area contributed by atoms with Gasteiger partial charge in [0, 0.05) is 6.54 Å². The monoisotopic (exact) mass is 279 g/mol. The Morgan fingerprint density at radius 2 is 2.35 bits per heavy atom. The van der Waals surface area contributed by atoms with Gasteiger partial charge in [0.1, 0.15) is 5.76 Å². The van der Waals surface area contributed by atoms with E-state index in [4.69, 9.17) is 4.42 Å². The van der Waals surface area contributed by atoms with Crippen LogP contribution in [0.2, 0.25) is 0 Å². The van der Waals surface area contributed by atoms with Crippen LogP contribution in [-0.4, -0.2) is 36.5 Å². The number of amides is 3. The van der Waals surface area contributed by atoms with Crippen LogP contribution in [-0.2, 0) is 11.3 Å². The van der Waals surface area contributed by atoms with Crippen molar-refractivity contribution in [1.29, 1.82) is 0 Å². The van der Waals surface area contributed by atoms with E-state index in [-0.39, 0.29) is 19.0 Å². The topological polar surface area (TPSA) is 74.6 Å². The van der Waals surface area contributed by atoms with Crippen LogP contribution < -0.4 is 10.6 Å². The number of nitrogens with zero attached hydrogens (tertiary/aromatic N) is 1. The maximum Gasteiger partial charge on any atom is 0.321 e. The number of hydrogen-bond acceptors (Lipinski definition) is 4. The van der Waals surface area contributed by atoms with Crippen molar-refractivity contribution in [2.24, 2.45) is 5.92 Å². The first-order valence-electron chi connectivity index (χ1n) is 6.96. The summed E-state index contributed by atoms with van der Waals surface area (Å²) >= 11 is 0. The van der Waals surface area contributed by atoms with Crippen LogP contribution in [0, 0.1) is 5.92 Å². The van der Waals surface area contributed by atoms with E-state index in [2.05, 4.69) is 22.5 Å². The van der Waals surface area contributed by atoms with Crippen LogP contribution in [0.25, 0.3) is 0 Å². The zero-order valence-electron chi connectivity index (χ0n) is 11.7. The molecule has 1 aromatic rings. The Balaban J connectivity index is 1.67. The number of piperidine rings is 1. The molecule has 1 aliphatic rings. The van der Waals surface area contributed by atoms with Gasteiger partial charge in [-0.1, -0.05) is 6.92 Å². The fourth-order valence-electron chi connectivity index (χ4n) is 2.42. The van der Waals surface area contributed by atoms with E-state index in [1.165, 1.54) is 12.7 Å². The molecule has 0 saturated carbocycles. The first kappa shape index (κ1) is 14.6. The number of furan rings is 1. The summed E-state index contributed by atoms with van der Waals surface area (Å²) < 4.78 is 5.09. The third-order valence-corrected chi connectivity index (χ3v) is 3.36. The molecule has 0 spiro atoms. The van der Waals surface area contributed by atoms with Crippen LogP contribution in [0.3, 0.4) is 0 Å². The fourth-order valence-corrected chi connectivity index (χ4v) is 2.42. The molecule has 2 heterocycles. The Bertz CT molecular complexity index is 445. The molecule has 2 N–H and O–H groups in total. The molecule has 0 aromatic carbocycles. The quantitative estimate of drug-likeness (QED) is 0.872. The van der Waals surface area contributed by atoms with E-state index >= 15 is 0 Å². The number of likely N-dealkylation sites (tertiary alicyclic amines) is 1. The average Bonchev–Trinajstić information content (AvgIpc) is 2.89. The second-order valence-corrected chi connectivity index (χ2v) is 5.29. The Morgan fingerprint density at radius 1 is 1.50 bits per heavy atom. The van der Waals surface area contributed by atoms with Crippen molar-refractivity contribution in [2.75, 3.05) is 19.6 Å². The van der Waals surface area contributed by atoms with Crippen LogP contribution in [0.1, 0.15) is 25.5 Å².